The first-order valence-electron chi connectivity index (χ1n) is 8.74. The van der Waals surface area contributed by atoms with Crippen LogP contribution in [0.1, 0.15) is 51.9 Å². The zero-order valence-corrected chi connectivity index (χ0v) is 14.0. The van der Waals surface area contributed by atoms with E-state index in [2.05, 4.69) is 22.1 Å². The maximum absolute atomic E-state index is 13.1. The molecule has 24 heavy (non-hydrogen) atoms. The summed E-state index contributed by atoms with van der Waals surface area (Å²) in [5.74, 6) is 0.879. The number of amides is 1. The number of aryl methyl sites for hydroxylation is 3. The maximum atomic E-state index is 13.1. The lowest BCUT2D eigenvalue weighted by molar-refractivity contribution is -0.00501. The van der Waals surface area contributed by atoms with E-state index in [4.69, 9.17) is 4.74 Å². The molecular weight excluding hydrogens is 302 g/mol. The molecule has 126 valence electrons. The highest BCUT2D eigenvalue weighted by Gasteiger charge is 2.31. The number of ether oxygens (including phenoxy) is 1. The van der Waals surface area contributed by atoms with Crippen LogP contribution in [0.15, 0.2) is 24.4 Å². The van der Waals surface area contributed by atoms with Crippen LogP contribution in [-0.2, 0) is 17.6 Å². The summed E-state index contributed by atoms with van der Waals surface area (Å²) in [6, 6.07) is 6.06. The highest BCUT2D eigenvalue weighted by atomic mass is 16.5. The summed E-state index contributed by atoms with van der Waals surface area (Å²) in [5.41, 5.74) is 4.52. The minimum atomic E-state index is -0.143. The minimum absolute atomic E-state index is 0.0747. The predicted octanol–water partition coefficient (Wildman–Crippen LogP) is 2.81. The fourth-order valence-corrected chi connectivity index (χ4v) is 3.71. The molecule has 2 heterocycles. The van der Waals surface area contributed by atoms with E-state index in [9.17, 15) is 4.79 Å². The van der Waals surface area contributed by atoms with Crippen molar-refractivity contribution in [1.29, 1.82) is 0 Å². The van der Waals surface area contributed by atoms with E-state index in [1.807, 2.05) is 17.9 Å². The van der Waals surface area contributed by atoms with Crippen LogP contribution in [0.25, 0.3) is 0 Å². The molecule has 1 fully saturated rings. The lowest BCUT2D eigenvalue weighted by atomic mass is 9.90. The van der Waals surface area contributed by atoms with Crippen molar-refractivity contribution in [2.45, 2.75) is 38.6 Å². The number of nitrogens with zero attached hydrogens (tertiary/aromatic N) is 2. The molecule has 1 atom stereocenters. The molecule has 2 aliphatic rings. The van der Waals surface area contributed by atoms with Gasteiger partial charge in [-0.25, -0.2) is 4.98 Å². The van der Waals surface area contributed by atoms with Crippen LogP contribution in [0.2, 0.25) is 0 Å². The number of morpholine rings is 1. The quantitative estimate of drug-likeness (QED) is 0.924. The Morgan fingerprint density at radius 3 is 2.92 bits per heavy atom. The molecule has 0 saturated carbocycles. The number of H-pyrrole nitrogens is 1. The van der Waals surface area contributed by atoms with Crippen LogP contribution in [0.3, 0.4) is 0 Å². The largest absolute Gasteiger partial charge is 0.377 e. The molecule has 4 rings (SSSR count). The zero-order chi connectivity index (χ0) is 16.5. The molecule has 1 unspecified atom stereocenters. The Kier molecular flexibility index (Phi) is 4.10. The monoisotopic (exact) mass is 325 g/mol. The van der Waals surface area contributed by atoms with Gasteiger partial charge in [0.1, 0.15) is 11.9 Å². The first-order chi connectivity index (χ1) is 11.7. The summed E-state index contributed by atoms with van der Waals surface area (Å²) < 4.78 is 5.60. The SMILES string of the molecule is Cc1cnc(C2COCCN2C(=O)c2ccc3c(c2)CCCC3)[nH]1. The van der Waals surface area contributed by atoms with Crippen molar-refractivity contribution < 1.29 is 9.53 Å². The van der Waals surface area contributed by atoms with E-state index >= 15 is 0 Å². The number of nitrogens with one attached hydrogen (secondary N) is 1. The number of imidazole rings is 1. The second kappa shape index (κ2) is 6.40. The Labute approximate surface area is 142 Å². The molecule has 1 aromatic heterocycles. The molecule has 5 nitrogen and oxygen atoms in total. The summed E-state index contributed by atoms with van der Waals surface area (Å²) in [4.78, 5) is 22.7. The average Bonchev–Trinajstić information content (AvgIpc) is 3.07. The average molecular weight is 325 g/mol. The summed E-state index contributed by atoms with van der Waals surface area (Å²) in [7, 11) is 0. The van der Waals surface area contributed by atoms with Crippen molar-refractivity contribution in [3.05, 3.63) is 52.6 Å². The molecule has 1 aliphatic carbocycles. The molecule has 1 amide bonds. The molecule has 1 N–H and O–H groups in total. The fraction of sp³-hybridized carbons (Fsp3) is 0.474. The van der Waals surface area contributed by atoms with E-state index in [1.165, 1.54) is 24.0 Å². The number of carbonyl (C=O) groups is 1. The van der Waals surface area contributed by atoms with Gasteiger partial charge in [0.15, 0.2) is 0 Å². The molecule has 1 saturated heterocycles. The first-order valence-corrected chi connectivity index (χ1v) is 8.74. The van der Waals surface area contributed by atoms with E-state index in [0.717, 1.165) is 29.9 Å². The minimum Gasteiger partial charge on any atom is -0.377 e. The van der Waals surface area contributed by atoms with Crippen molar-refractivity contribution in [3.63, 3.8) is 0 Å². The van der Waals surface area contributed by atoms with Crippen LogP contribution >= 0.6 is 0 Å². The fourth-order valence-electron chi connectivity index (χ4n) is 3.71. The number of carbonyl (C=O) groups excluding carboxylic acids is 1. The Balaban J connectivity index is 1.62. The van der Waals surface area contributed by atoms with Crippen LogP contribution in [0.5, 0.6) is 0 Å². The van der Waals surface area contributed by atoms with Crippen LogP contribution in [-0.4, -0.2) is 40.5 Å². The van der Waals surface area contributed by atoms with Gasteiger partial charge < -0.3 is 14.6 Å². The summed E-state index contributed by atoms with van der Waals surface area (Å²) >= 11 is 0. The number of hydrogen-bond acceptors (Lipinski definition) is 3. The standard InChI is InChI=1S/C19H23N3O2/c1-13-11-20-18(21-13)17-12-24-9-8-22(17)19(23)16-7-6-14-4-2-3-5-15(14)10-16/h6-7,10-11,17H,2-5,8-9,12H2,1H3,(H,20,21). The van der Waals surface area contributed by atoms with Crippen LogP contribution in [0, 0.1) is 6.92 Å². The summed E-state index contributed by atoms with van der Waals surface area (Å²) in [6.07, 6.45) is 6.49. The van der Waals surface area contributed by atoms with Crippen LogP contribution < -0.4 is 0 Å². The maximum Gasteiger partial charge on any atom is 0.254 e. The van der Waals surface area contributed by atoms with E-state index in [0.29, 0.717) is 19.8 Å². The number of aromatic nitrogens is 2. The van der Waals surface area contributed by atoms with E-state index < -0.39 is 0 Å². The van der Waals surface area contributed by atoms with Gasteiger partial charge in [0.05, 0.1) is 13.2 Å². The second-order valence-corrected chi connectivity index (χ2v) is 6.73. The highest BCUT2D eigenvalue weighted by Crippen LogP contribution is 2.27. The molecule has 0 spiro atoms. The lowest BCUT2D eigenvalue weighted by Crippen LogP contribution is -2.43. The normalized spacial score (nSPS) is 20.7. The van der Waals surface area contributed by atoms with Gasteiger partial charge in [-0.15, -0.1) is 0 Å². The number of benzene rings is 1. The molecule has 1 aromatic carbocycles. The van der Waals surface area contributed by atoms with E-state index in [-0.39, 0.29) is 11.9 Å². The van der Waals surface area contributed by atoms with Gasteiger partial charge in [-0.1, -0.05) is 6.07 Å². The van der Waals surface area contributed by atoms with Crippen molar-refractivity contribution in [1.82, 2.24) is 14.9 Å². The molecule has 0 bridgehead atoms. The summed E-state index contributed by atoms with van der Waals surface area (Å²) in [6.45, 7) is 3.63. The van der Waals surface area contributed by atoms with Crippen molar-refractivity contribution in [2.75, 3.05) is 19.8 Å². The number of hydrogen-bond donors (Lipinski definition) is 1. The van der Waals surface area contributed by atoms with Gasteiger partial charge in [0, 0.05) is 24.0 Å². The molecule has 5 heteroatoms. The number of rotatable bonds is 2. The first kappa shape index (κ1) is 15.4. The van der Waals surface area contributed by atoms with Gasteiger partial charge in [-0.2, -0.15) is 0 Å². The topological polar surface area (TPSA) is 58.2 Å². The Morgan fingerprint density at radius 1 is 1.29 bits per heavy atom. The van der Waals surface area contributed by atoms with Gasteiger partial charge in [-0.3, -0.25) is 4.79 Å². The second-order valence-electron chi connectivity index (χ2n) is 6.73. The Bertz CT molecular complexity index is 753. The van der Waals surface area contributed by atoms with Gasteiger partial charge in [-0.05, 0) is 55.9 Å². The molecule has 1 aliphatic heterocycles. The van der Waals surface area contributed by atoms with Crippen LogP contribution in [0.4, 0.5) is 0 Å². The van der Waals surface area contributed by atoms with Gasteiger partial charge >= 0.3 is 0 Å². The predicted molar refractivity (Wildman–Crippen MR) is 91.0 cm³/mol. The third-order valence-corrected chi connectivity index (χ3v) is 5.02. The summed E-state index contributed by atoms with van der Waals surface area (Å²) in [5, 5.41) is 0. The smallest absolute Gasteiger partial charge is 0.254 e. The van der Waals surface area contributed by atoms with Gasteiger partial charge in [0.25, 0.3) is 5.91 Å². The molecule has 2 aromatic rings. The lowest BCUT2D eigenvalue weighted by Gasteiger charge is -2.34. The zero-order valence-electron chi connectivity index (χ0n) is 14.0. The van der Waals surface area contributed by atoms with Crippen molar-refractivity contribution >= 4 is 5.91 Å². The van der Waals surface area contributed by atoms with Crippen molar-refractivity contribution in [2.24, 2.45) is 0 Å². The third-order valence-electron chi connectivity index (χ3n) is 5.02. The third kappa shape index (κ3) is 2.84. The number of aromatic amines is 1. The Hall–Kier alpha value is -2.14. The Morgan fingerprint density at radius 2 is 2.12 bits per heavy atom. The van der Waals surface area contributed by atoms with Gasteiger partial charge in [0.2, 0.25) is 0 Å². The number of fused-ring (bicyclic) bond motifs is 1. The van der Waals surface area contributed by atoms with E-state index in [1.54, 1.807) is 6.20 Å². The van der Waals surface area contributed by atoms with Crippen molar-refractivity contribution in [3.8, 4) is 0 Å². The molecule has 0 radical (unpaired) electrons. The highest BCUT2D eigenvalue weighted by molar-refractivity contribution is 5.94. The molecular formula is C19H23N3O2.